The van der Waals surface area contributed by atoms with Crippen LogP contribution in [0.25, 0.3) is 10.9 Å². The highest BCUT2D eigenvalue weighted by Crippen LogP contribution is 2.44. The number of benzene rings is 1. The predicted octanol–water partition coefficient (Wildman–Crippen LogP) is 4.45. The number of likely N-dealkylation sites (N-methyl/N-ethyl adjacent to an activating group) is 1. The van der Waals surface area contributed by atoms with E-state index in [4.69, 9.17) is 4.74 Å². The number of aromatic nitrogens is 1. The van der Waals surface area contributed by atoms with E-state index in [0.29, 0.717) is 12.1 Å². The van der Waals surface area contributed by atoms with Gasteiger partial charge in [0.05, 0.1) is 5.52 Å². The Labute approximate surface area is 174 Å². The zero-order valence-electron chi connectivity index (χ0n) is 18.2. The Kier molecular flexibility index (Phi) is 5.98. The van der Waals surface area contributed by atoms with E-state index in [9.17, 15) is 4.79 Å². The van der Waals surface area contributed by atoms with Gasteiger partial charge in [0.15, 0.2) is 0 Å². The molecule has 1 saturated carbocycles. The maximum Gasteiger partial charge on any atom is 0.418 e. The second-order valence-electron chi connectivity index (χ2n) is 9.23. The Morgan fingerprint density at radius 1 is 1.17 bits per heavy atom. The minimum absolute atomic E-state index is 0.255. The molecule has 1 aromatic carbocycles. The molecule has 158 valence electrons. The Balaban J connectivity index is 1.44. The first-order valence-electron chi connectivity index (χ1n) is 11.2. The summed E-state index contributed by atoms with van der Waals surface area (Å²) < 4.78 is 7.45. The molecule has 0 amide bonds. The highest BCUT2D eigenvalue weighted by Gasteiger charge is 2.43. The molecule has 2 heterocycles. The van der Waals surface area contributed by atoms with Crippen molar-refractivity contribution >= 4 is 17.0 Å². The standard InChI is InChI=1S/C24H35N3O2/c1-19-7-8-22-21(17-19)20(9-14-25(2)3)18-27(22)23(28)29-16-15-26-13-5-4-10-24(26)11-6-12-24/h7-8,17-18H,4-6,9-16H2,1-3H3. The number of fused-ring (bicyclic) bond motifs is 1. The van der Waals surface area contributed by atoms with Crippen LogP contribution in [-0.4, -0.2) is 66.3 Å². The number of rotatable bonds is 6. The van der Waals surface area contributed by atoms with Crippen LogP contribution >= 0.6 is 0 Å². The van der Waals surface area contributed by atoms with E-state index >= 15 is 0 Å². The molecule has 0 bridgehead atoms. The van der Waals surface area contributed by atoms with Gasteiger partial charge in [-0.1, -0.05) is 18.1 Å². The number of nitrogens with zero attached hydrogens (tertiary/aromatic N) is 3. The van der Waals surface area contributed by atoms with E-state index < -0.39 is 0 Å². The third-order valence-electron chi connectivity index (χ3n) is 6.93. The molecule has 0 N–H and O–H groups in total. The van der Waals surface area contributed by atoms with Gasteiger partial charge in [0.2, 0.25) is 0 Å². The molecule has 5 nitrogen and oxygen atoms in total. The molecule has 29 heavy (non-hydrogen) atoms. The van der Waals surface area contributed by atoms with Gasteiger partial charge in [0.1, 0.15) is 6.61 Å². The third-order valence-corrected chi connectivity index (χ3v) is 6.93. The summed E-state index contributed by atoms with van der Waals surface area (Å²) in [5, 5.41) is 1.16. The van der Waals surface area contributed by atoms with Crippen LogP contribution in [0.2, 0.25) is 0 Å². The van der Waals surface area contributed by atoms with Crippen molar-refractivity contribution in [1.29, 1.82) is 0 Å². The smallest absolute Gasteiger partial charge is 0.418 e. The van der Waals surface area contributed by atoms with Crippen molar-refractivity contribution in [2.45, 2.75) is 57.4 Å². The topological polar surface area (TPSA) is 37.7 Å². The summed E-state index contributed by atoms with van der Waals surface area (Å²) in [7, 11) is 4.16. The SMILES string of the molecule is Cc1ccc2c(c1)c(CCN(C)C)cn2C(=O)OCCN1CCCCC12CCC2. The second kappa shape index (κ2) is 8.49. The fraction of sp³-hybridized carbons (Fsp3) is 0.625. The molecule has 1 spiro atoms. The minimum atomic E-state index is -0.255. The average Bonchev–Trinajstić information content (AvgIpc) is 3.03. The molecule has 5 heteroatoms. The lowest BCUT2D eigenvalue weighted by atomic mass is 9.70. The van der Waals surface area contributed by atoms with Crippen LogP contribution in [0.5, 0.6) is 0 Å². The molecule has 2 aromatic rings. The first-order valence-corrected chi connectivity index (χ1v) is 11.2. The van der Waals surface area contributed by atoms with E-state index in [1.54, 1.807) is 4.57 Å². The normalized spacial score (nSPS) is 19.0. The second-order valence-corrected chi connectivity index (χ2v) is 9.23. The van der Waals surface area contributed by atoms with E-state index in [1.807, 2.05) is 12.3 Å². The summed E-state index contributed by atoms with van der Waals surface area (Å²) >= 11 is 0. The number of hydrogen-bond donors (Lipinski definition) is 0. The molecule has 1 aliphatic heterocycles. The van der Waals surface area contributed by atoms with Crippen LogP contribution in [0.1, 0.15) is 49.7 Å². The largest absolute Gasteiger partial charge is 0.448 e. The lowest BCUT2D eigenvalue weighted by Gasteiger charge is -2.53. The van der Waals surface area contributed by atoms with Gasteiger partial charge in [-0.3, -0.25) is 9.47 Å². The Bertz CT molecular complexity index is 866. The Morgan fingerprint density at radius 2 is 1.97 bits per heavy atom. The molecular formula is C24H35N3O2. The molecule has 2 fully saturated rings. The lowest BCUT2D eigenvalue weighted by molar-refractivity contribution is -0.0265. The van der Waals surface area contributed by atoms with Crippen molar-refractivity contribution in [1.82, 2.24) is 14.4 Å². The van der Waals surface area contributed by atoms with Crippen LogP contribution in [0.15, 0.2) is 24.4 Å². The Hall–Kier alpha value is -1.85. The molecule has 0 radical (unpaired) electrons. The van der Waals surface area contributed by atoms with Crippen molar-refractivity contribution in [3.8, 4) is 0 Å². The molecule has 0 atom stereocenters. The summed E-state index contributed by atoms with van der Waals surface area (Å²) in [6.45, 7) is 5.54. The number of carbonyl (C=O) groups excluding carboxylic acids is 1. The van der Waals surface area contributed by atoms with Crippen LogP contribution in [-0.2, 0) is 11.2 Å². The van der Waals surface area contributed by atoms with E-state index in [2.05, 4.69) is 43.0 Å². The minimum Gasteiger partial charge on any atom is -0.448 e. The molecular weight excluding hydrogens is 362 g/mol. The molecule has 1 aromatic heterocycles. The molecule has 1 saturated heterocycles. The quantitative estimate of drug-likeness (QED) is 0.722. The maximum absolute atomic E-state index is 12.9. The van der Waals surface area contributed by atoms with Crippen LogP contribution in [0, 0.1) is 6.92 Å². The number of hydrogen-bond acceptors (Lipinski definition) is 4. The van der Waals surface area contributed by atoms with Crippen LogP contribution < -0.4 is 0 Å². The third kappa shape index (κ3) is 4.22. The zero-order chi connectivity index (χ0) is 20.4. The Morgan fingerprint density at radius 3 is 2.69 bits per heavy atom. The fourth-order valence-electron chi connectivity index (χ4n) is 5.07. The van der Waals surface area contributed by atoms with Gasteiger partial charge >= 0.3 is 6.09 Å². The van der Waals surface area contributed by atoms with E-state index in [-0.39, 0.29) is 6.09 Å². The number of likely N-dealkylation sites (tertiary alicyclic amines) is 1. The monoisotopic (exact) mass is 397 g/mol. The molecule has 4 rings (SSSR count). The van der Waals surface area contributed by atoms with Gasteiger partial charge in [0, 0.05) is 30.2 Å². The fourth-order valence-corrected chi connectivity index (χ4v) is 5.07. The maximum atomic E-state index is 12.9. The van der Waals surface area contributed by atoms with Crippen molar-refractivity contribution in [3.63, 3.8) is 0 Å². The molecule has 0 unspecified atom stereocenters. The van der Waals surface area contributed by atoms with Crippen molar-refractivity contribution in [3.05, 3.63) is 35.5 Å². The van der Waals surface area contributed by atoms with Gasteiger partial charge in [-0.25, -0.2) is 4.79 Å². The number of aryl methyl sites for hydroxylation is 1. The summed E-state index contributed by atoms with van der Waals surface area (Å²) in [5.41, 5.74) is 3.79. The van der Waals surface area contributed by atoms with Crippen LogP contribution in [0.4, 0.5) is 4.79 Å². The molecule has 1 aliphatic carbocycles. The first-order chi connectivity index (χ1) is 14.0. The first kappa shape index (κ1) is 20.4. The number of ether oxygens (including phenoxy) is 1. The van der Waals surface area contributed by atoms with E-state index in [0.717, 1.165) is 37.0 Å². The number of carbonyl (C=O) groups is 1. The van der Waals surface area contributed by atoms with Gasteiger partial charge < -0.3 is 9.64 Å². The summed E-state index contributed by atoms with van der Waals surface area (Å²) in [5.74, 6) is 0. The summed E-state index contributed by atoms with van der Waals surface area (Å²) in [6.07, 6.45) is 10.6. The zero-order valence-corrected chi connectivity index (χ0v) is 18.2. The average molecular weight is 398 g/mol. The highest BCUT2D eigenvalue weighted by molar-refractivity contribution is 5.92. The summed E-state index contributed by atoms with van der Waals surface area (Å²) in [4.78, 5) is 17.7. The lowest BCUT2D eigenvalue weighted by Crippen LogP contribution is -2.57. The van der Waals surface area contributed by atoms with Crippen molar-refractivity contribution in [2.24, 2.45) is 0 Å². The van der Waals surface area contributed by atoms with Crippen LogP contribution in [0.3, 0.4) is 0 Å². The van der Waals surface area contributed by atoms with Crippen molar-refractivity contribution < 1.29 is 9.53 Å². The van der Waals surface area contributed by atoms with E-state index in [1.165, 1.54) is 49.7 Å². The van der Waals surface area contributed by atoms with Gasteiger partial charge in [-0.05, 0) is 83.8 Å². The highest BCUT2D eigenvalue weighted by atomic mass is 16.5. The van der Waals surface area contributed by atoms with Gasteiger partial charge in [0.25, 0.3) is 0 Å². The summed E-state index contributed by atoms with van der Waals surface area (Å²) in [6, 6.07) is 6.28. The van der Waals surface area contributed by atoms with Gasteiger partial charge in [-0.15, -0.1) is 0 Å². The predicted molar refractivity (Wildman–Crippen MR) is 118 cm³/mol. The van der Waals surface area contributed by atoms with Gasteiger partial charge in [-0.2, -0.15) is 0 Å². The number of piperidine rings is 1. The van der Waals surface area contributed by atoms with Crippen molar-refractivity contribution in [2.75, 3.05) is 40.3 Å². The molecule has 2 aliphatic rings.